The van der Waals surface area contributed by atoms with Crippen LogP contribution >= 0.6 is 0 Å². The van der Waals surface area contributed by atoms with Gasteiger partial charge in [0.1, 0.15) is 34.8 Å². The number of hydrogen-bond acceptors (Lipinski definition) is 9. The molecule has 0 amide bonds. The van der Waals surface area contributed by atoms with E-state index >= 15 is 4.39 Å². The highest BCUT2D eigenvalue weighted by Gasteiger charge is 2.46. The van der Waals surface area contributed by atoms with Gasteiger partial charge in [-0.15, -0.1) is 6.42 Å². The Hall–Kier alpha value is -4.20. The second-order valence-corrected chi connectivity index (χ2v) is 12.4. The molecule has 44 heavy (non-hydrogen) atoms. The van der Waals surface area contributed by atoms with Crippen LogP contribution in [0.2, 0.25) is 0 Å². The number of terminal acetylenes is 1. The number of phenols is 1. The third-order valence-electron chi connectivity index (χ3n) is 9.41. The first-order chi connectivity index (χ1) is 21.4. The zero-order valence-corrected chi connectivity index (χ0v) is 25.0. The molecule has 3 fully saturated rings. The van der Waals surface area contributed by atoms with Crippen molar-refractivity contribution in [3.8, 4) is 41.2 Å². The van der Waals surface area contributed by atoms with E-state index in [2.05, 4.69) is 44.5 Å². The van der Waals surface area contributed by atoms with Crippen LogP contribution in [0.15, 0.2) is 30.9 Å². The molecule has 0 bridgehead atoms. The van der Waals surface area contributed by atoms with Crippen LogP contribution in [-0.2, 0) is 0 Å². The number of benzene rings is 1. The molecule has 4 aliphatic rings. The quantitative estimate of drug-likeness (QED) is 0.287. The molecule has 3 aliphatic heterocycles. The molecule has 2 atom stereocenters. The normalized spacial score (nSPS) is 22.3. The predicted octanol–water partition coefficient (Wildman–Crippen LogP) is 4.53. The highest BCUT2D eigenvalue weighted by atomic mass is 19.1. The van der Waals surface area contributed by atoms with Gasteiger partial charge in [0.15, 0.2) is 5.82 Å². The van der Waals surface area contributed by atoms with Gasteiger partial charge in [-0.05, 0) is 56.8 Å². The standard InChI is InChI=1S/C34H37FN6O3/c1-4-6-9-22-15-24(42)16-26(25(22)5-2)29-28(35)30-27-31(41-14-12-36-17-23(41)18-43-32(27)37-29)39-33(38-30)44-20-34(10-11-34)19-40-13-7-8-21(40)3/h2,4,6,9,15-16,21,23,36,42H,1,7-8,10-14,17-20H2,3H3/b9-6-. The van der Waals surface area contributed by atoms with E-state index in [1.807, 2.05) is 0 Å². The summed E-state index contributed by atoms with van der Waals surface area (Å²) in [6.07, 6.45) is 15.6. The lowest BCUT2D eigenvalue weighted by Crippen LogP contribution is -2.53. The number of pyridine rings is 1. The number of likely N-dealkylation sites (tertiary alicyclic amines) is 1. The molecule has 1 aromatic carbocycles. The number of fused-ring (bicyclic) bond motifs is 2. The summed E-state index contributed by atoms with van der Waals surface area (Å²) in [7, 11) is 0. The van der Waals surface area contributed by atoms with Crippen LogP contribution in [0.25, 0.3) is 28.2 Å². The molecule has 2 N–H and O–H groups in total. The van der Waals surface area contributed by atoms with Crippen LogP contribution in [0, 0.1) is 23.6 Å². The minimum absolute atomic E-state index is 0.0282. The molecule has 9 nitrogen and oxygen atoms in total. The summed E-state index contributed by atoms with van der Waals surface area (Å²) in [6, 6.07) is 3.64. The highest BCUT2D eigenvalue weighted by molar-refractivity contribution is 5.97. The van der Waals surface area contributed by atoms with Gasteiger partial charge in [-0.2, -0.15) is 9.97 Å². The molecule has 3 aromatic rings. The minimum atomic E-state index is -0.679. The van der Waals surface area contributed by atoms with Gasteiger partial charge in [-0.1, -0.05) is 30.7 Å². The van der Waals surface area contributed by atoms with Gasteiger partial charge in [-0.25, -0.2) is 9.37 Å². The summed E-state index contributed by atoms with van der Waals surface area (Å²) in [5.41, 5.74) is 1.24. The Balaban J connectivity index is 1.34. The molecule has 2 saturated heterocycles. The van der Waals surface area contributed by atoms with Crippen molar-refractivity contribution in [3.05, 3.63) is 47.8 Å². The molecule has 1 aliphatic carbocycles. The molecule has 7 rings (SSSR count). The first-order valence-corrected chi connectivity index (χ1v) is 15.4. The average Bonchev–Trinajstić information content (AvgIpc) is 3.72. The SMILES string of the molecule is C#Cc1c(/C=C\C=C)cc(O)cc1-c1nc2c3c(nc(OCC4(CN5CCCC5C)CC4)nc3c1F)N1CCNCC1CO2. The van der Waals surface area contributed by atoms with Gasteiger partial charge in [0.25, 0.3) is 0 Å². The zero-order valence-electron chi connectivity index (χ0n) is 25.0. The third-order valence-corrected chi connectivity index (χ3v) is 9.41. The van der Waals surface area contributed by atoms with Crippen LogP contribution < -0.4 is 19.7 Å². The average molecular weight is 597 g/mol. The number of nitrogens with one attached hydrogen (secondary N) is 1. The fourth-order valence-electron chi connectivity index (χ4n) is 6.72. The van der Waals surface area contributed by atoms with Gasteiger partial charge >= 0.3 is 6.01 Å². The van der Waals surface area contributed by atoms with Crippen LogP contribution in [0.3, 0.4) is 0 Å². The molecular formula is C34H37FN6O3. The van der Waals surface area contributed by atoms with Crippen molar-refractivity contribution < 1.29 is 19.0 Å². The van der Waals surface area contributed by atoms with Gasteiger partial charge in [0.05, 0.1) is 12.6 Å². The Morgan fingerprint density at radius 1 is 1.30 bits per heavy atom. The number of aromatic nitrogens is 3. The van der Waals surface area contributed by atoms with E-state index < -0.39 is 5.82 Å². The number of anilines is 1. The zero-order chi connectivity index (χ0) is 30.4. The Morgan fingerprint density at radius 2 is 2.16 bits per heavy atom. The van der Waals surface area contributed by atoms with Crippen LogP contribution in [0.5, 0.6) is 17.6 Å². The third kappa shape index (κ3) is 5.14. The molecule has 10 heteroatoms. The molecule has 0 spiro atoms. The van der Waals surface area contributed by atoms with Crippen molar-refractivity contribution in [2.75, 3.05) is 50.8 Å². The fourth-order valence-corrected chi connectivity index (χ4v) is 6.72. The van der Waals surface area contributed by atoms with Gasteiger partial charge in [0.2, 0.25) is 5.88 Å². The number of allylic oxidation sites excluding steroid dienone is 2. The largest absolute Gasteiger partial charge is 0.508 e. The Labute approximate surface area is 256 Å². The maximum atomic E-state index is 16.8. The van der Waals surface area contributed by atoms with Crippen LogP contribution in [-0.4, -0.2) is 83.0 Å². The lowest BCUT2D eigenvalue weighted by Gasteiger charge is -2.35. The number of halogens is 1. The lowest BCUT2D eigenvalue weighted by atomic mass is 9.97. The maximum absolute atomic E-state index is 16.8. The van der Waals surface area contributed by atoms with Gasteiger partial charge in [0, 0.05) is 48.8 Å². The highest BCUT2D eigenvalue weighted by Crippen LogP contribution is 2.48. The van der Waals surface area contributed by atoms with Crippen molar-refractivity contribution in [3.63, 3.8) is 0 Å². The number of phenolic OH excluding ortho intramolecular Hbond substituents is 1. The van der Waals surface area contributed by atoms with E-state index in [1.165, 1.54) is 25.0 Å². The van der Waals surface area contributed by atoms with Crippen LogP contribution in [0.1, 0.15) is 43.7 Å². The molecule has 2 aromatic heterocycles. The molecule has 1 saturated carbocycles. The van der Waals surface area contributed by atoms with Gasteiger partial charge in [-0.3, -0.25) is 4.90 Å². The van der Waals surface area contributed by atoms with Crippen molar-refractivity contribution in [1.82, 2.24) is 25.2 Å². The van der Waals surface area contributed by atoms with Crippen molar-refractivity contribution in [1.29, 1.82) is 0 Å². The summed E-state index contributed by atoms with van der Waals surface area (Å²) in [6.45, 7) is 11.0. The molecular weight excluding hydrogens is 559 g/mol. The molecule has 0 radical (unpaired) electrons. The second kappa shape index (κ2) is 11.4. The van der Waals surface area contributed by atoms with Crippen molar-refractivity contribution >= 4 is 22.8 Å². The first kappa shape index (κ1) is 28.6. The number of hydrogen-bond donors (Lipinski definition) is 2. The predicted molar refractivity (Wildman–Crippen MR) is 168 cm³/mol. The number of aromatic hydroxyl groups is 1. The monoisotopic (exact) mass is 596 g/mol. The fraction of sp³-hybridized carbons (Fsp3) is 0.441. The number of piperazine rings is 1. The minimum Gasteiger partial charge on any atom is -0.508 e. The topological polar surface area (TPSA) is 95.9 Å². The van der Waals surface area contributed by atoms with Gasteiger partial charge < -0.3 is 24.8 Å². The number of ether oxygens (including phenoxy) is 2. The lowest BCUT2D eigenvalue weighted by molar-refractivity contribution is 0.151. The second-order valence-electron chi connectivity index (χ2n) is 12.4. The smallest absolute Gasteiger partial charge is 0.319 e. The Bertz CT molecular complexity index is 1700. The summed E-state index contributed by atoms with van der Waals surface area (Å²) in [5.74, 6) is 2.69. The van der Waals surface area contributed by atoms with E-state index in [9.17, 15) is 5.11 Å². The van der Waals surface area contributed by atoms with E-state index in [0.29, 0.717) is 54.7 Å². The van der Waals surface area contributed by atoms with E-state index in [-0.39, 0.29) is 45.9 Å². The Morgan fingerprint density at radius 3 is 2.91 bits per heavy atom. The summed E-state index contributed by atoms with van der Waals surface area (Å²) in [5, 5.41) is 14.4. The van der Waals surface area contributed by atoms with E-state index in [0.717, 1.165) is 32.5 Å². The summed E-state index contributed by atoms with van der Waals surface area (Å²) >= 11 is 0. The molecule has 228 valence electrons. The van der Waals surface area contributed by atoms with E-state index in [4.69, 9.17) is 20.9 Å². The summed E-state index contributed by atoms with van der Waals surface area (Å²) < 4.78 is 29.3. The Kier molecular flexibility index (Phi) is 7.39. The van der Waals surface area contributed by atoms with Crippen LogP contribution in [0.4, 0.5) is 10.2 Å². The molecule has 2 unspecified atom stereocenters. The first-order valence-electron chi connectivity index (χ1n) is 15.4. The van der Waals surface area contributed by atoms with Crippen molar-refractivity contribution in [2.45, 2.75) is 44.7 Å². The number of nitrogens with zero attached hydrogens (tertiary/aromatic N) is 5. The summed E-state index contributed by atoms with van der Waals surface area (Å²) in [4.78, 5) is 18.9. The van der Waals surface area contributed by atoms with Crippen molar-refractivity contribution in [2.24, 2.45) is 5.41 Å². The number of rotatable bonds is 8. The van der Waals surface area contributed by atoms with E-state index in [1.54, 1.807) is 18.2 Å². The molecule has 5 heterocycles. The maximum Gasteiger partial charge on any atom is 0.319 e.